The first kappa shape index (κ1) is 19.7. The van der Waals surface area contributed by atoms with Crippen molar-refractivity contribution in [2.24, 2.45) is 7.05 Å². The fraction of sp³-hybridized carbons (Fsp3) is 0.304. The van der Waals surface area contributed by atoms with Crippen LogP contribution in [-0.4, -0.2) is 46.5 Å². The Labute approximate surface area is 175 Å². The van der Waals surface area contributed by atoms with Crippen LogP contribution in [0.4, 0.5) is 0 Å². The molecule has 1 aliphatic heterocycles. The van der Waals surface area contributed by atoms with E-state index in [2.05, 4.69) is 17.9 Å². The second-order valence-electron chi connectivity index (χ2n) is 7.50. The number of halogens is 1. The van der Waals surface area contributed by atoms with E-state index in [-0.39, 0.29) is 17.5 Å². The van der Waals surface area contributed by atoms with E-state index in [9.17, 15) is 9.59 Å². The van der Waals surface area contributed by atoms with Crippen LogP contribution in [0.1, 0.15) is 28.9 Å². The van der Waals surface area contributed by atoms with Gasteiger partial charge < -0.3 is 9.47 Å². The van der Waals surface area contributed by atoms with Crippen LogP contribution in [-0.2, 0) is 7.05 Å². The van der Waals surface area contributed by atoms with Gasteiger partial charge in [0.25, 0.3) is 11.5 Å². The maximum Gasteiger partial charge on any atom is 0.254 e. The second kappa shape index (κ2) is 8.01. The molecule has 0 aliphatic carbocycles. The molecule has 1 fully saturated rings. The third-order valence-corrected chi connectivity index (χ3v) is 6.23. The Bertz CT molecular complexity index is 1120. The van der Waals surface area contributed by atoms with Crippen LogP contribution in [0, 0.1) is 0 Å². The van der Waals surface area contributed by atoms with Crippen LogP contribution >= 0.6 is 11.6 Å². The second-order valence-corrected chi connectivity index (χ2v) is 7.91. The van der Waals surface area contributed by atoms with Gasteiger partial charge in [-0.05, 0) is 24.6 Å². The Morgan fingerprint density at radius 3 is 2.38 bits per heavy atom. The van der Waals surface area contributed by atoms with Crippen LogP contribution in [0.15, 0.2) is 59.4 Å². The summed E-state index contributed by atoms with van der Waals surface area (Å²) < 4.78 is 1.58. The van der Waals surface area contributed by atoms with E-state index in [1.807, 2.05) is 47.4 Å². The summed E-state index contributed by atoms with van der Waals surface area (Å²) in [6, 6.07) is 17.1. The Kier molecular flexibility index (Phi) is 5.43. The molecule has 5 nitrogen and oxygen atoms in total. The minimum Gasteiger partial charge on any atom is -0.336 e. The van der Waals surface area contributed by atoms with Crippen molar-refractivity contribution in [2.45, 2.75) is 13.0 Å². The third kappa shape index (κ3) is 3.68. The molecule has 1 atom stereocenters. The van der Waals surface area contributed by atoms with Crippen LogP contribution in [0.3, 0.4) is 0 Å². The number of piperazine rings is 1. The van der Waals surface area contributed by atoms with Gasteiger partial charge in [-0.2, -0.15) is 0 Å². The summed E-state index contributed by atoms with van der Waals surface area (Å²) in [6.45, 7) is 4.92. The maximum atomic E-state index is 13.2. The molecule has 150 valence electrons. The number of hydrogen-bond acceptors (Lipinski definition) is 3. The van der Waals surface area contributed by atoms with Gasteiger partial charge in [0.15, 0.2) is 0 Å². The van der Waals surface area contributed by atoms with Gasteiger partial charge in [-0.15, -0.1) is 0 Å². The van der Waals surface area contributed by atoms with Crippen molar-refractivity contribution in [1.29, 1.82) is 0 Å². The first-order valence-electron chi connectivity index (χ1n) is 9.84. The zero-order valence-electron chi connectivity index (χ0n) is 16.6. The van der Waals surface area contributed by atoms with E-state index in [1.54, 1.807) is 11.6 Å². The number of hydrogen-bond donors (Lipinski definition) is 0. The summed E-state index contributed by atoms with van der Waals surface area (Å²) in [5.41, 5.74) is 2.19. The smallest absolute Gasteiger partial charge is 0.254 e. The lowest BCUT2D eigenvalue weighted by molar-refractivity contribution is 0.0584. The van der Waals surface area contributed by atoms with E-state index >= 15 is 0 Å². The molecule has 2 aromatic carbocycles. The van der Waals surface area contributed by atoms with Crippen molar-refractivity contribution in [2.75, 3.05) is 26.2 Å². The first-order valence-corrected chi connectivity index (χ1v) is 10.2. The van der Waals surface area contributed by atoms with Gasteiger partial charge in [-0.1, -0.05) is 48.0 Å². The highest BCUT2D eigenvalue weighted by molar-refractivity contribution is 6.31. The lowest BCUT2D eigenvalue weighted by Crippen LogP contribution is -2.49. The van der Waals surface area contributed by atoms with Crippen molar-refractivity contribution >= 4 is 28.4 Å². The van der Waals surface area contributed by atoms with E-state index < -0.39 is 0 Å². The van der Waals surface area contributed by atoms with Crippen LogP contribution < -0.4 is 5.56 Å². The highest BCUT2D eigenvalue weighted by atomic mass is 35.5. The molecule has 1 amide bonds. The van der Waals surface area contributed by atoms with Crippen LogP contribution in [0.5, 0.6) is 0 Å². The summed E-state index contributed by atoms with van der Waals surface area (Å²) in [5.74, 6) is -0.0797. The molecule has 1 aliphatic rings. The molecule has 1 aromatic heterocycles. The van der Waals surface area contributed by atoms with Crippen molar-refractivity contribution in [3.63, 3.8) is 0 Å². The average molecular weight is 410 g/mol. The quantitative estimate of drug-likeness (QED) is 0.662. The fourth-order valence-corrected chi connectivity index (χ4v) is 4.37. The molecule has 29 heavy (non-hydrogen) atoms. The largest absolute Gasteiger partial charge is 0.336 e. The standard InChI is InChI=1S/C23H24ClN3O2/c1-16(17-7-3-5-9-20(17)24)26-11-13-27(14-12-26)23(29)19-15-22(28)25(2)21-10-6-4-8-18(19)21/h3-10,15-16H,11-14H2,1-2H3. The SMILES string of the molecule is CC(c1ccccc1Cl)N1CCN(C(=O)c2cc(=O)n(C)c3ccccc23)CC1. The van der Waals surface area contributed by atoms with Crippen LogP contribution in [0.25, 0.3) is 10.9 Å². The molecule has 0 saturated carbocycles. The predicted molar refractivity (Wildman–Crippen MR) is 117 cm³/mol. The first-order chi connectivity index (χ1) is 14.0. The minimum absolute atomic E-state index is 0.0797. The predicted octanol–water partition coefficient (Wildman–Crippen LogP) is 3.71. The Morgan fingerprint density at radius 2 is 1.66 bits per heavy atom. The van der Waals surface area contributed by atoms with Gasteiger partial charge in [-0.3, -0.25) is 14.5 Å². The number of amides is 1. The van der Waals surface area contributed by atoms with Gasteiger partial charge >= 0.3 is 0 Å². The third-order valence-electron chi connectivity index (χ3n) is 5.89. The molecule has 0 N–H and O–H groups in total. The number of carbonyl (C=O) groups excluding carboxylic acids is 1. The van der Waals surface area contributed by atoms with E-state index in [4.69, 9.17) is 11.6 Å². The molecule has 2 heterocycles. The zero-order valence-corrected chi connectivity index (χ0v) is 17.4. The normalized spacial score (nSPS) is 16.2. The molecule has 1 unspecified atom stereocenters. The number of pyridine rings is 1. The number of nitrogens with zero attached hydrogens (tertiary/aromatic N) is 3. The Morgan fingerprint density at radius 1 is 1.00 bits per heavy atom. The topological polar surface area (TPSA) is 45.6 Å². The molecule has 6 heteroatoms. The molecular weight excluding hydrogens is 386 g/mol. The molecule has 0 radical (unpaired) electrons. The van der Waals surface area contributed by atoms with Crippen molar-refractivity contribution in [1.82, 2.24) is 14.4 Å². The summed E-state index contributed by atoms with van der Waals surface area (Å²) >= 11 is 6.36. The highest BCUT2D eigenvalue weighted by Crippen LogP contribution is 2.28. The van der Waals surface area contributed by atoms with E-state index in [0.29, 0.717) is 18.7 Å². The number of benzene rings is 2. The zero-order chi connectivity index (χ0) is 20.5. The number of para-hydroxylation sites is 1. The molecule has 0 bridgehead atoms. The lowest BCUT2D eigenvalue weighted by Gasteiger charge is -2.38. The number of aromatic nitrogens is 1. The van der Waals surface area contributed by atoms with Gasteiger partial charge in [0.05, 0.1) is 11.1 Å². The monoisotopic (exact) mass is 409 g/mol. The summed E-state index contributed by atoms with van der Waals surface area (Å²) in [4.78, 5) is 29.7. The fourth-order valence-electron chi connectivity index (χ4n) is 4.08. The Balaban J connectivity index is 1.53. The van der Waals surface area contributed by atoms with Gasteiger partial charge in [0.2, 0.25) is 0 Å². The Hall–Kier alpha value is -2.63. The summed E-state index contributed by atoms with van der Waals surface area (Å²) in [6.07, 6.45) is 0. The summed E-state index contributed by atoms with van der Waals surface area (Å²) in [7, 11) is 1.73. The van der Waals surface area contributed by atoms with Crippen molar-refractivity contribution < 1.29 is 4.79 Å². The van der Waals surface area contributed by atoms with Gasteiger partial charge in [0.1, 0.15) is 0 Å². The molecule has 3 aromatic rings. The molecular formula is C23H24ClN3O2. The highest BCUT2D eigenvalue weighted by Gasteiger charge is 2.27. The lowest BCUT2D eigenvalue weighted by atomic mass is 10.0. The minimum atomic E-state index is -0.168. The molecule has 4 rings (SSSR count). The van der Waals surface area contributed by atoms with E-state index in [0.717, 1.165) is 34.6 Å². The number of fused-ring (bicyclic) bond motifs is 1. The van der Waals surface area contributed by atoms with E-state index in [1.165, 1.54) is 6.07 Å². The number of rotatable bonds is 3. The van der Waals surface area contributed by atoms with Crippen LogP contribution in [0.2, 0.25) is 5.02 Å². The van der Waals surface area contributed by atoms with Crippen molar-refractivity contribution in [3.05, 3.63) is 81.1 Å². The average Bonchev–Trinajstić information content (AvgIpc) is 2.76. The molecule has 1 saturated heterocycles. The van der Waals surface area contributed by atoms with Gasteiger partial charge in [-0.25, -0.2) is 0 Å². The van der Waals surface area contributed by atoms with Crippen molar-refractivity contribution in [3.8, 4) is 0 Å². The number of carbonyl (C=O) groups is 1. The molecule has 0 spiro atoms. The maximum absolute atomic E-state index is 13.2. The summed E-state index contributed by atoms with van der Waals surface area (Å²) in [5, 5.41) is 1.58. The number of aryl methyl sites for hydroxylation is 1. The van der Waals surface area contributed by atoms with Gasteiger partial charge in [0, 0.05) is 55.7 Å².